The second-order valence-corrected chi connectivity index (χ2v) is 5.14. The minimum atomic E-state index is -1.31. The van der Waals surface area contributed by atoms with Crippen LogP contribution in [0.15, 0.2) is 42.5 Å². The number of nitrogens with zero attached hydrogens (tertiary/aromatic N) is 1. The van der Waals surface area contributed by atoms with E-state index in [1.54, 1.807) is 0 Å². The largest absolute Gasteiger partial charge is 0.368 e. The van der Waals surface area contributed by atoms with Crippen LogP contribution in [0.2, 0.25) is 0 Å². The van der Waals surface area contributed by atoms with Gasteiger partial charge in [0.2, 0.25) is 5.91 Å². The first-order valence-corrected chi connectivity index (χ1v) is 7.07. The number of hydrogen-bond acceptors (Lipinski definition) is 4. The maximum atomic E-state index is 13.6. The summed E-state index contributed by atoms with van der Waals surface area (Å²) in [6.07, 6.45) is -0.249. The molecule has 0 heterocycles. The first-order valence-electron chi connectivity index (χ1n) is 7.07. The zero-order valence-corrected chi connectivity index (χ0v) is 12.7. The average Bonchev–Trinajstić information content (AvgIpc) is 2.54. The molecular weight excluding hydrogens is 336 g/mol. The lowest BCUT2D eigenvalue weighted by Gasteiger charge is -2.16. The van der Waals surface area contributed by atoms with Gasteiger partial charge >= 0.3 is 0 Å². The van der Waals surface area contributed by atoms with E-state index in [1.807, 2.05) is 0 Å². The molecular formula is C16H13F2N3O4. The van der Waals surface area contributed by atoms with Crippen molar-refractivity contribution in [3.05, 3.63) is 75.3 Å². The first-order chi connectivity index (χ1) is 11.8. The van der Waals surface area contributed by atoms with Gasteiger partial charge in [0.15, 0.2) is 0 Å². The molecule has 0 aliphatic carbocycles. The normalized spacial score (nSPS) is 11.6. The summed E-state index contributed by atoms with van der Waals surface area (Å²) in [4.78, 5) is 34.0. The average molecular weight is 349 g/mol. The van der Waals surface area contributed by atoms with E-state index in [0.29, 0.717) is 6.07 Å². The molecule has 0 bridgehead atoms. The highest BCUT2D eigenvalue weighted by molar-refractivity contribution is 5.97. The van der Waals surface area contributed by atoms with Crippen molar-refractivity contribution < 1.29 is 23.3 Å². The lowest BCUT2D eigenvalue weighted by Crippen LogP contribution is -2.46. The number of carbonyl (C=O) groups excluding carboxylic acids is 2. The Morgan fingerprint density at radius 3 is 2.48 bits per heavy atom. The first kappa shape index (κ1) is 18.0. The lowest BCUT2D eigenvalue weighted by atomic mass is 10.0. The van der Waals surface area contributed by atoms with Crippen LogP contribution in [0, 0.1) is 21.7 Å². The van der Waals surface area contributed by atoms with E-state index in [4.69, 9.17) is 5.73 Å². The number of halogens is 2. The van der Waals surface area contributed by atoms with Crippen LogP contribution in [0.1, 0.15) is 15.9 Å². The highest BCUT2D eigenvalue weighted by atomic mass is 19.1. The summed E-state index contributed by atoms with van der Waals surface area (Å²) < 4.78 is 26.5. The van der Waals surface area contributed by atoms with Crippen molar-refractivity contribution >= 4 is 17.5 Å². The van der Waals surface area contributed by atoms with Crippen LogP contribution < -0.4 is 11.1 Å². The van der Waals surface area contributed by atoms with E-state index in [0.717, 1.165) is 12.1 Å². The van der Waals surface area contributed by atoms with Gasteiger partial charge in [0.1, 0.15) is 17.7 Å². The van der Waals surface area contributed by atoms with Gasteiger partial charge in [-0.3, -0.25) is 19.7 Å². The van der Waals surface area contributed by atoms with Gasteiger partial charge in [-0.15, -0.1) is 0 Å². The number of primary amides is 1. The number of hydrogen-bond donors (Lipinski definition) is 2. The van der Waals surface area contributed by atoms with Crippen molar-refractivity contribution in [2.75, 3.05) is 0 Å². The van der Waals surface area contributed by atoms with Crippen molar-refractivity contribution in [3.63, 3.8) is 0 Å². The summed E-state index contributed by atoms with van der Waals surface area (Å²) >= 11 is 0. The number of carbonyl (C=O) groups is 2. The summed E-state index contributed by atoms with van der Waals surface area (Å²) in [5, 5.41) is 13.2. The van der Waals surface area contributed by atoms with Crippen LogP contribution in [0.3, 0.4) is 0 Å². The molecule has 3 N–H and O–H groups in total. The third kappa shape index (κ3) is 4.34. The SMILES string of the molecule is NC(=O)[C@H](Cc1ccccc1[N+](=O)[O-])NC(=O)c1ccc(F)cc1F. The van der Waals surface area contributed by atoms with E-state index < -0.39 is 40.0 Å². The highest BCUT2D eigenvalue weighted by Crippen LogP contribution is 2.19. The van der Waals surface area contributed by atoms with Crippen LogP contribution in [-0.2, 0) is 11.2 Å². The van der Waals surface area contributed by atoms with Gasteiger partial charge < -0.3 is 11.1 Å². The third-order valence-electron chi connectivity index (χ3n) is 3.44. The van der Waals surface area contributed by atoms with Crippen molar-refractivity contribution in [1.82, 2.24) is 5.32 Å². The Morgan fingerprint density at radius 1 is 1.20 bits per heavy atom. The van der Waals surface area contributed by atoms with Crippen molar-refractivity contribution in [2.45, 2.75) is 12.5 Å². The molecule has 25 heavy (non-hydrogen) atoms. The molecule has 2 amide bonds. The summed E-state index contributed by atoms with van der Waals surface area (Å²) in [6, 6.07) is 6.67. The molecule has 0 saturated heterocycles. The second-order valence-electron chi connectivity index (χ2n) is 5.14. The third-order valence-corrected chi connectivity index (χ3v) is 3.44. The number of benzene rings is 2. The number of para-hydroxylation sites is 1. The van der Waals surface area contributed by atoms with Gasteiger partial charge in [0.25, 0.3) is 11.6 Å². The molecule has 130 valence electrons. The van der Waals surface area contributed by atoms with Gasteiger partial charge in [-0.05, 0) is 12.1 Å². The molecule has 2 aromatic carbocycles. The Bertz CT molecular complexity index is 842. The standard InChI is InChI=1S/C16H13F2N3O4/c17-10-5-6-11(12(18)8-10)16(23)20-13(15(19)22)7-9-3-1-2-4-14(9)21(24)25/h1-6,8,13H,7H2,(H2,19,22)(H,20,23)/t13-/m0/s1. The quantitative estimate of drug-likeness (QED) is 0.610. The van der Waals surface area contributed by atoms with Gasteiger partial charge in [0.05, 0.1) is 10.5 Å². The molecule has 2 aromatic rings. The molecule has 0 aliphatic rings. The number of rotatable bonds is 6. The zero-order valence-electron chi connectivity index (χ0n) is 12.7. The number of nitrogens with one attached hydrogen (secondary N) is 1. The van der Waals surface area contributed by atoms with Gasteiger partial charge in [-0.25, -0.2) is 8.78 Å². The highest BCUT2D eigenvalue weighted by Gasteiger charge is 2.24. The molecule has 7 nitrogen and oxygen atoms in total. The fraction of sp³-hybridized carbons (Fsp3) is 0.125. The predicted molar refractivity (Wildman–Crippen MR) is 83.6 cm³/mol. The predicted octanol–water partition coefficient (Wildman–Crippen LogP) is 1.70. The molecule has 0 unspecified atom stereocenters. The van der Waals surface area contributed by atoms with Crippen LogP contribution in [-0.4, -0.2) is 22.8 Å². The lowest BCUT2D eigenvalue weighted by molar-refractivity contribution is -0.385. The fourth-order valence-corrected chi connectivity index (χ4v) is 2.21. The maximum Gasteiger partial charge on any atom is 0.272 e. The van der Waals surface area contributed by atoms with E-state index in [9.17, 15) is 28.5 Å². The molecule has 0 saturated carbocycles. The fourth-order valence-electron chi connectivity index (χ4n) is 2.21. The van der Waals surface area contributed by atoms with E-state index in [1.165, 1.54) is 24.3 Å². The van der Waals surface area contributed by atoms with E-state index in [-0.39, 0.29) is 17.7 Å². The molecule has 0 fully saturated rings. The molecule has 1 atom stereocenters. The van der Waals surface area contributed by atoms with Gasteiger partial charge in [0, 0.05) is 24.1 Å². The Balaban J connectivity index is 2.23. The van der Waals surface area contributed by atoms with Crippen LogP contribution >= 0.6 is 0 Å². The Kier molecular flexibility index (Phi) is 5.38. The smallest absolute Gasteiger partial charge is 0.272 e. The zero-order chi connectivity index (χ0) is 18.6. The summed E-state index contributed by atoms with van der Waals surface area (Å²) in [7, 11) is 0. The Morgan fingerprint density at radius 2 is 1.88 bits per heavy atom. The summed E-state index contributed by atoms with van der Waals surface area (Å²) in [5.41, 5.74) is 4.68. The molecule has 0 aliphatic heterocycles. The monoisotopic (exact) mass is 349 g/mol. The topological polar surface area (TPSA) is 115 Å². The molecule has 2 rings (SSSR count). The Labute approximate surface area is 140 Å². The molecule has 9 heteroatoms. The second kappa shape index (κ2) is 7.47. The van der Waals surface area contributed by atoms with Gasteiger partial charge in [-0.2, -0.15) is 0 Å². The van der Waals surface area contributed by atoms with Gasteiger partial charge in [-0.1, -0.05) is 18.2 Å². The number of nitro benzene ring substituents is 1. The molecule has 0 spiro atoms. The van der Waals surface area contributed by atoms with Crippen molar-refractivity contribution in [3.8, 4) is 0 Å². The number of nitro groups is 1. The summed E-state index contributed by atoms with van der Waals surface area (Å²) in [5.74, 6) is -3.90. The number of nitrogens with two attached hydrogens (primary N) is 1. The maximum absolute atomic E-state index is 13.6. The van der Waals surface area contributed by atoms with Crippen LogP contribution in [0.25, 0.3) is 0 Å². The Hall–Kier alpha value is -3.36. The van der Waals surface area contributed by atoms with Crippen molar-refractivity contribution in [2.24, 2.45) is 5.73 Å². The molecule has 0 radical (unpaired) electrons. The van der Waals surface area contributed by atoms with E-state index >= 15 is 0 Å². The van der Waals surface area contributed by atoms with Crippen molar-refractivity contribution in [1.29, 1.82) is 0 Å². The number of amides is 2. The van der Waals surface area contributed by atoms with E-state index in [2.05, 4.69) is 5.32 Å². The minimum Gasteiger partial charge on any atom is -0.368 e. The minimum absolute atomic E-state index is 0.177. The van der Waals surface area contributed by atoms with Crippen LogP contribution in [0.4, 0.5) is 14.5 Å². The summed E-state index contributed by atoms with van der Waals surface area (Å²) in [6.45, 7) is 0. The molecule has 0 aromatic heterocycles. The van der Waals surface area contributed by atoms with Crippen LogP contribution in [0.5, 0.6) is 0 Å².